The first-order valence-corrected chi connectivity index (χ1v) is 10.7. The summed E-state index contributed by atoms with van der Waals surface area (Å²) in [7, 11) is -0.740. The number of hydrogen-bond acceptors (Lipinski definition) is 4. The fraction of sp³-hybridized carbons (Fsp3) is 0.278. The number of benzene rings is 1. The summed E-state index contributed by atoms with van der Waals surface area (Å²) in [6.45, 7) is 0. The quantitative estimate of drug-likeness (QED) is 0.689. The summed E-state index contributed by atoms with van der Waals surface area (Å²) < 4.78 is 13.4. The molecule has 1 N–H and O–H groups in total. The molecule has 1 saturated heterocycles. The van der Waals surface area contributed by atoms with Crippen molar-refractivity contribution in [2.75, 3.05) is 16.8 Å². The molecule has 0 spiro atoms. The second kappa shape index (κ2) is 7.58. The molecule has 0 atom stereocenters. The highest BCUT2D eigenvalue weighted by molar-refractivity contribution is 7.85. The maximum Gasteiger partial charge on any atom is 0.258 e. The number of halogens is 2. The van der Waals surface area contributed by atoms with Gasteiger partial charge < -0.3 is 5.32 Å². The molecule has 3 heterocycles. The van der Waals surface area contributed by atoms with Crippen molar-refractivity contribution in [2.45, 2.75) is 18.9 Å². The lowest BCUT2D eigenvalue weighted by Gasteiger charge is -2.22. The minimum absolute atomic E-state index is 0.150. The van der Waals surface area contributed by atoms with E-state index in [4.69, 9.17) is 23.2 Å². The van der Waals surface area contributed by atoms with Crippen LogP contribution in [0.1, 0.15) is 29.2 Å². The number of fused-ring (bicyclic) bond motifs is 1. The van der Waals surface area contributed by atoms with Crippen molar-refractivity contribution in [1.29, 1.82) is 0 Å². The second-order valence-corrected chi connectivity index (χ2v) is 8.86. The Morgan fingerprint density at radius 2 is 1.85 bits per heavy atom. The number of carbonyl (C=O) groups is 1. The van der Waals surface area contributed by atoms with E-state index in [2.05, 4.69) is 15.4 Å². The van der Waals surface area contributed by atoms with Gasteiger partial charge in [-0.25, -0.2) is 9.67 Å². The molecule has 0 radical (unpaired) electrons. The average Bonchev–Trinajstić information content (AvgIpc) is 3.09. The van der Waals surface area contributed by atoms with Crippen LogP contribution < -0.4 is 5.32 Å². The fourth-order valence-electron chi connectivity index (χ4n) is 3.15. The van der Waals surface area contributed by atoms with E-state index < -0.39 is 10.8 Å². The van der Waals surface area contributed by atoms with E-state index in [1.54, 1.807) is 30.5 Å². The van der Waals surface area contributed by atoms with Gasteiger partial charge in [-0.1, -0.05) is 23.2 Å². The summed E-state index contributed by atoms with van der Waals surface area (Å²) in [6, 6.07) is 6.97. The van der Waals surface area contributed by atoms with Crippen LogP contribution in [0.5, 0.6) is 0 Å². The smallest absolute Gasteiger partial charge is 0.258 e. The lowest BCUT2D eigenvalue weighted by Crippen LogP contribution is -2.22. The molecule has 0 saturated carbocycles. The van der Waals surface area contributed by atoms with Crippen molar-refractivity contribution < 1.29 is 9.00 Å². The molecule has 6 nitrogen and oxygen atoms in total. The van der Waals surface area contributed by atoms with Crippen LogP contribution in [0.25, 0.3) is 11.0 Å². The molecule has 9 heteroatoms. The molecule has 0 bridgehead atoms. The number of pyridine rings is 1. The van der Waals surface area contributed by atoms with Crippen LogP contribution >= 0.6 is 23.2 Å². The molecular weight excluding hydrogens is 407 g/mol. The standard InChI is InChI=1S/C18H16Cl2N4O2S/c19-11-1-3-12(4-2-11)23-18(25)15-9-21-17-14(16(15)20)10-22-24(17)13-5-7-27(26)8-6-13/h1-4,9-10,13H,5-8H2,(H,23,25). The Morgan fingerprint density at radius 1 is 1.15 bits per heavy atom. The minimum atomic E-state index is -0.740. The second-order valence-electron chi connectivity index (χ2n) is 6.35. The normalized spacial score (nSPS) is 19.9. The number of hydrogen-bond donors (Lipinski definition) is 1. The Morgan fingerprint density at radius 3 is 2.56 bits per heavy atom. The molecule has 1 aromatic carbocycles. The third-order valence-corrected chi connectivity index (χ3v) is 6.65. The SMILES string of the molecule is O=C(Nc1ccc(Cl)cc1)c1cnc2c(cnn2C2CCS(=O)CC2)c1Cl. The zero-order valence-corrected chi connectivity index (χ0v) is 16.5. The third-order valence-electron chi connectivity index (χ3n) is 4.61. The number of nitrogens with one attached hydrogen (secondary N) is 1. The lowest BCUT2D eigenvalue weighted by molar-refractivity contribution is 0.102. The number of amides is 1. The van der Waals surface area contributed by atoms with Gasteiger partial charge in [0, 0.05) is 39.2 Å². The van der Waals surface area contributed by atoms with E-state index in [0.717, 1.165) is 12.8 Å². The zero-order valence-electron chi connectivity index (χ0n) is 14.2. The van der Waals surface area contributed by atoms with Gasteiger partial charge in [0.25, 0.3) is 5.91 Å². The van der Waals surface area contributed by atoms with E-state index in [0.29, 0.717) is 38.3 Å². The van der Waals surface area contributed by atoms with Crippen LogP contribution in [-0.4, -0.2) is 36.4 Å². The maximum atomic E-state index is 12.6. The van der Waals surface area contributed by atoms with Crippen molar-refractivity contribution in [1.82, 2.24) is 14.8 Å². The fourth-order valence-corrected chi connectivity index (χ4v) is 4.82. The van der Waals surface area contributed by atoms with Gasteiger partial charge in [0.1, 0.15) is 0 Å². The minimum Gasteiger partial charge on any atom is -0.322 e. The van der Waals surface area contributed by atoms with Gasteiger partial charge in [0.05, 0.1) is 28.2 Å². The van der Waals surface area contributed by atoms with E-state index in [9.17, 15) is 9.00 Å². The molecule has 140 valence electrons. The Hall–Kier alpha value is -1.96. The van der Waals surface area contributed by atoms with Crippen LogP contribution in [-0.2, 0) is 10.8 Å². The van der Waals surface area contributed by atoms with Crippen LogP contribution in [0.15, 0.2) is 36.7 Å². The Kier molecular flexibility index (Phi) is 5.16. The van der Waals surface area contributed by atoms with Crippen LogP contribution in [0, 0.1) is 0 Å². The highest BCUT2D eigenvalue weighted by atomic mass is 35.5. The molecule has 1 amide bonds. The van der Waals surface area contributed by atoms with Crippen LogP contribution in [0.4, 0.5) is 5.69 Å². The van der Waals surface area contributed by atoms with Gasteiger partial charge in [0.2, 0.25) is 0 Å². The molecule has 2 aromatic heterocycles. The summed E-state index contributed by atoms with van der Waals surface area (Å²) in [5, 5.41) is 8.75. The van der Waals surface area contributed by atoms with E-state index in [1.807, 2.05) is 4.68 Å². The summed E-state index contributed by atoms with van der Waals surface area (Å²) in [5.41, 5.74) is 1.54. The van der Waals surface area contributed by atoms with Gasteiger partial charge >= 0.3 is 0 Å². The van der Waals surface area contributed by atoms with Gasteiger partial charge in [-0.2, -0.15) is 5.10 Å². The van der Waals surface area contributed by atoms with Crippen molar-refractivity contribution in [2.24, 2.45) is 0 Å². The molecule has 27 heavy (non-hydrogen) atoms. The first-order valence-electron chi connectivity index (χ1n) is 8.46. The molecule has 1 aliphatic rings. The number of nitrogens with zero attached hydrogens (tertiary/aromatic N) is 3. The van der Waals surface area contributed by atoms with Gasteiger partial charge in [-0.3, -0.25) is 9.00 Å². The van der Waals surface area contributed by atoms with Crippen LogP contribution in [0.3, 0.4) is 0 Å². The molecular formula is C18H16Cl2N4O2S. The zero-order chi connectivity index (χ0) is 19.0. The predicted molar refractivity (Wildman–Crippen MR) is 108 cm³/mol. The summed E-state index contributed by atoms with van der Waals surface area (Å²) in [6.07, 6.45) is 4.69. The number of aromatic nitrogens is 3. The van der Waals surface area contributed by atoms with Gasteiger partial charge in [-0.05, 0) is 37.1 Å². The van der Waals surface area contributed by atoms with Crippen molar-refractivity contribution in [3.05, 3.63) is 52.3 Å². The van der Waals surface area contributed by atoms with Crippen molar-refractivity contribution in [3.8, 4) is 0 Å². The topological polar surface area (TPSA) is 76.9 Å². The van der Waals surface area contributed by atoms with Gasteiger partial charge in [0.15, 0.2) is 5.65 Å². The largest absolute Gasteiger partial charge is 0.322 e. The third kappa shape index (κ3) is 3.72. The highest BCUT2D eigenvalue weighted by Crippen LogP contribution is 2.30. The molecule has 0 unspecified atom stereocenters. The summed E-state index contributed by atoms with van der Waals surface area (Å²) in [4.78, 5) is 17.0. The molecule has 4 rings (SSSR count). The first-order chi connectivity index (χ1) is 13.0. The van der Waals surface area contributed by atoms with Crippen molar-refractivity contribution >= 4 is 56.6 Å². The molecule has 3 aromatic rings. The number of carbonyl (C=O) groups excluding carboxylic acids is 1. The van der Waals surface area contributed by atoms with E-state index >= 15 is 0 Å². The van der Waals surface area contributed by atoms with Crippen molar-refractivity contribution in [3.63, 3.8) is 0 Å². The first kappa shape index (κ1) is 18.4. The molecule has 0 aliphatic carbocycles. The predicted octanol–water partition coefficient (Wildman–Crippen LogP) is 4.07. The number of rotatable bonds is 3. The molecule has 1 fully saturated rings. The van der Waals surface area contributed by atoms with E-state index in [-0.39, 0.29) is 17.5 Å². The number of anilines is 1. The van der Waals surface area contributed by atoms with Gasteiger partial charge in [-0.15, -0.1) is 0 Å². The average molecular weight is 423 g/mol. The summed E-state index contributed by atoms with van der Waals surface area (Å²) in [5.74, 6) is 0.986. The Bertz CT molecular complexity index is 1030. The molecule has 1 aliphatic heterocycles. The van der Waals surface area contributed by atoms with E-state index in [1.165, 1.54) is 6.20 Å². The highest BCUT2D eigenvalue weighted by Gasteiger charge is 2.24. The summed E-state index contributed by atoms with van der Waals surface area (Å²) >= 11 is 12.3. The Labute approximate surface area is 168 Å². The van der Waals surface area contributed by atoms with Crippen LogP contribution in [0.2, 0.25) is 10.0 Å². The Balaban J connectivity index is 1.61. The maximum absolute atomic E-state index is 12.6. The lowest BCUT2D eigenvalue weighted by atomic mass is 10.1. The monoisotopic (exact) mass is 422 g/mol.